The number of benzene rings is 1. The van der Waals surface area contributed by atoms with Crippen molar-refractivity contribution < 1.29 is 5.11 Å². The third-order valence-electron chi connectivity index (χ3n) is 2.20. The van der Waals surface area contributed by atoms with E-state index in [9.17, 15) is 0 Å². The normalized spacial score (nSPS) is 10.5. The number of hydrogen-bond donors (Lipinski definition) is 1. The van der Waals surface area contributed by atoms with E-state index in [1.54, 1.807) is 0 Å². The molecule has 1 nitrogen and oxygen atoms in total. The first-order valence-electron chi connectivity index (χ1n) is 4.51. The molecule has 1 N–H and O–H groups in total. The van der Waals surface area contributed by atoms with Crippen LogP contribution in [0.1, 0.15) is 23.1 Å². The minimum atomic E-state index is 0.269. The fourth-order valence-electron chi connectivity index (χ4n) is 1.42. The van der Waals surface area contributed by atoms with E-state index in [0.29, 0.717) is 0 Å². The molecule has 0 spiro atoms. The monoisotopic (exact) mass is 242 g/mol. The van der Waals surface area contributed by atoms with E-state index in [0.717, 1.165) is 12.8 Å². The predicted octanol–water partition coefficient (Wildman–Crippen LogP) is 2.99. The van der Waals surface area contributed by atoms with Crippen molar-refractivity contribution in [3.63, 3.8) is 0 Å². The van der Waals surface area contributed by atoms with E-state index >= 15 is 0 Å². The van der Waals surface area contributed by atoms with E-state index in [4.69, 9.17) is 5.11 Å². The maximum atomic E-state index is 8.75. The van der Waals surface area contributed by atoms with Crippen LogP contribution in [0.25, 0.3) is 0 Å². The van der Waals surface area contributed by atoms with E-state index in [1.807, 2.05) is 0 Å². The Morgan fingerprint density at radius 3 is 2.62 bits per heavy atom. The van der Waals surface area contributed by atoms with Crippen LogP contribution in [0.5, 0.6) is 0 Å². The van der Waals surface area contributed by atoms with Crippen LogP contribution in [-0.2, 0) is 6.42 Å². The Hall–Kier alpha value is -0.340. The van der Waals surface area contributed by atoms with E-state index < -0.39 is 0 Å². The Morgan fingerprint density at radius 2 is 2.00 bits per heavy atom. The molecule has 72 valence electrons. The first kappa shape index (κ1) is 10.7. The quantitative estimate of drug-likeness (QED) is 0.865. The van der Waals surface area contributed by atoms with Gasteiger partial charge in [0.15, 0.2) is 0 Å². The molecule has 1 aromatic rings. The van der Waals surface area contributed by atoms with Crippen LogP contribution in [0.2, 0.25) is 0 Å². The summed E-state index contributed by atoms with van der Waals surface area (Å²) in [5.41, 5.74) is 3.89. The summed E-state index contributed by atoms with van der Waals surface area (Å²) in [6.07, 6.45) is 1.80. The molecular formula is C11H15BrO. The summed E-state index contributed by atoms with van der Waals surface area (Å²) in [6.45, 7) is 4.47. The summed E-state index contributed by atoms with van der Waals surface area (Å²) in [4.78, 5) is 0. The van der Waals surface area contributed by atoms with Gasteiger partial charge in [-0.15, -0.1) is 0 Å². The topological polar surface area (TPSA) is 20.2 Å². The number of halogens is 1. The van der Waals surface area contributed by atoms with E-state index in [1.165, 1.54) is 21.2 Å². The number of aliphatic hydroxyl groups is 1. The first-order chi connectivity index (χ1) is 6.15. The van der Waals surface area contributed by atoms with Crippen molar-refractivity contribution in [1.29, 1.82) is 0 Å². The van der Waals surface area contributed by atoms with Crippen molar-refractivity contribution in [3.05, 3.63) is 33.3 Å². The lowest BCUT2D eigenvalue weighted by Crippen LogP contribution is -1.94. The summed E-state index contributed by atoms with van der Waals surface area (Å²) in [7, 11) is 0. The SMILES string of the molecule is Cc1cc(Br)c(C)c(CCCO)c1. The highest BCUT2D eigenvalue weighted by Gasteiger charge is 2.02. The maximum Gasteiger partial charge on any atom is 0.0434 e. The number of hydrogen-bond acceptors (Lipinski definition) is 1. The van der Waals surface area contributed by atoms with Crippen LogP contribution in [0.15, 0.2) is 16.6 Å². The largest absolute Gasteiger partial charge is 0.396 e. The van der Waals surface area contributed by atoms with E-state index in [-0.39, 0.29) is 6.61 Å². The minimum absolute atomic E-state index is 0.269. The van der Waals surface area contributed by atoms with Crippen molar-refractivity contribution in [2.24, 2.45) is 0 Å². The second kappa shape index (κ2) is 4.77. The van der Waals surface area contributed by atoms with Crippen LogP contribution in [0.3, 0.4) is 0 Å². The molecule has 0 atom stereocenters. The molecule has 0 radical (unpaired) electrons. The summed E-state index contributed by atoms with van der Waals surface area (Å²) in [5, 5.41) is 8.75. The van der Waals surface area contributed by atoms with Gasteiger partial charge < -0.3 is 5.11 Å². The third-order valence-corrected chi connectivity index (χ3v) is 3.02. The summed E-state index contributed by atoms with van der Waals surface area (Å²) >= 11 is 3.53. The smallest absolute Gasteiger partial charge is 0.0434 e. The molecule has 0 saturated carbocycles. The van der Waals surface area contributed by atoms with Gasteiger partial charge in [-0.3, -0.25) is 0 Å². The Morgan fingerprint density at radius 1 is 1.31 bits per heavy atom. The van der Waals surface area contributed by atoms with Gasteiger partial charge in [0.2, 0.25) is 0 Å². The summed E-state index contributed by atoms with van der Waals surface area (Å²) < 4.78 is 1.17. The molecule has 1 rings (SSSR count). The van der Waals surface area contributed by atoms with Crippen LogP contribution >= 0.6 is 15.9 Å². The molecule has 0 fully saturated rings. The van der Waals surface area contributed by atoms with Gasteiger partial charge in [-0.1, -0.05) is 22.0 Å². The lowest BCUT2D eigenvalue weighted by Gasteiger charge is -2.08. The molecule has 0 aliphatic heterocycles. The van der Waals surface area contributed by atoms with Crippen molar-refractivity contribution in [1.82, 2.24) is 0 Å². The van der Waals surface area contributed by atoms with E-state index in [2.05, 4.69) is 41.9 Å². The average molecular weight is 243 g/mol. The average Bonchev–Trinajstić information content (AvgIpc) is 2.09. The van der Waals surface area contributed by atoms with Gasteiger partial charge in [-0.2, -0.15) is 0 Å². The molecule has 0 aliphatic rings. The molecule has 0 heterocycles. The molecule has 1 aromatic carbocycles. The van der Waals surface area contributed by atoms with Crippen molar-refractivity contribution in [3.8, 4) is 0 Å². The van der Waals surface area contributed by atoms with Gasteiger partial charge in [0.25, 0.3) is 0 Å². The Bertz CT molecular complexity index is 294. The summed E-state index contributed by atoms with van der Waals surface area (Å²) in [6, 6.07) is 4.31. The Labute approximate surface area is 87.9 Å². The fourth-order valence-corrected chi connectivity index (χ4v) is 2.03. The molecule has 13 heavy (non-hydrogen) atoms. The van der Waals surface area contributed by atoms with Gasteiger partial charge >= 0.3 is 0 Å². The highest BCUT2D eigenvalue weighted by molar-refractivity contribution is 9.10. The maximum absolute atomic E-state index is 8.75. The zero-order valence-corrected chi connectivity index (χ0v) is 9.69. The van der Waals surface area contributed by atoms with Gasteiger partial charge in [0.05, 0.1) is 0 Å². The lowest BCUT2D eigenvalue weighted by atomic mass is 10.0. The van der Waals surface area contributed by atoms with Crippen molar-refractivity contribution in [2.45, 2.75) is 26.7 Å². The number of rotatable bonds is 3. The second-order valence-electron chi connectivity index (χ2n) is 3.36. The van der Waals surface area contributed by atoms with Crippen molar-refractivity contribution in [2.75, 3.05) is 6.61 Å². The first-order valence-corrected chi connectivity index (χ1v) is 5.31. The molecule has 0 amide bonds. The Balaban J connectivity index is 2.92. The highest BCUT2D eigenvalue weighted by atomic mass is 79.9. The minimum Gasteiger partial charge on any atom is -0.396 e. The molecular weight excluding hydrogens is 228 g/mol. The molecule has 2 heteroatoms. The van der Waals surface area contributed by atoms with Gasteiger partial charge in [-0.05, 0) is 49.4 Å². The Kier molecular flexibility index (Phi) is 3.94. The predicted molar refractivity (Wildman–Crippen MR) is 59.0 cm³/mol. The van der Waals surface area contributed by atoms with Crippen LogP contribution in [0, 0.1) is 13.8 Å². The van der Waals surface area contributed by atoms with Gasteiger partial charge in [0.1, 0.15) is 0 Å². The fraction of sp³-hybridized carbons (Fsp3) is 0.455. The second-order valence-corrected chi connectivity index (χ2v) is 4.21. The number of aliphatic hydroxyl groups excluding tert-OH is 1. The standard InChI is InChI=1S/C11H15BrO/c1-8-6-10(4-3-5-13)9(2)11(12)7-8/h6-7,13H,3-5H2,1-2H3. The molecule has 0 unspecified atom stereocenters. The molecule has 0 aliphatic carbocycles. The molecule has 0 aromatic heterocycles. The third kappa shape index (κ3) is 2.82. The van der Waals surface area contributed by atoms with Crippen LogP contribution in [-0.4, -0.2) is 11.7 Å². The summed E-state index contributed by atoms with van der Waals surface area (Å²) in [5.74, 6) is 0. The lowest BCUT2D eigenvalue weighted by molar-refractivity contribution is 0.288. The van der Waals surface area contributed by atoms with Gasteiger partial charge in [0, 0.05) is 11.1 Å². The zero-order chi connectivity index (χ0) is 9.84. The van der Waals surface area contributed by atoms with Crippen molar-refractivity contribution >= 4 is 15.9 Å². The highest BCUT2D eigenvalue weighted by Crippen LogP contribution is 2.22. The molecule has 0 bridgehead atoms. The zero-order valence-electron chi connectivity index (χ0n) is 8.10. The molecule has 0 saturated heterocycles. The van der Waals surface area contributed by atoms with Crippen LogP contribution < -0.4 is 0 Å². The van der Waals surface area contributed by atoms with Gasteiger partial charge in [-0.25, -0.2) is 0 Å². The van der Waals surface area contributed by atoms with Crippen LogP contribution in [0.4, 0.5) is 0 Å². The number of aryl methyl sites for hydroxylation is 2.